The minimum Gasteiger partial charge on any atom is -0.459 e. The lowest BCUT2D eigenvalue weighted by Gasteiger charge is -2.18. The first-order chi connectivity index (χ1) is 13.1. The summed E-state index contributed by atoms with van der Waals surface area (Å²) in [5.74, 6) is 0.580. The van der Waals surface area contributed by atoms with Gasteiger partial charge < -0.3 is 19.2 Å². The number of furan rings is 1. The molecule has 0 aliphatic rings. The average molecular weight is 368 g/mol. The summed E-state index contributed by atoms with van der Waals surface area (Å²) >= 11 is 0. The summed E-state index contributed by atoms with van der Waals surface area (Å²) in [4.78, 5) is 31.1. The third-order valence-electron chi connectivity index (χ3n) is 4.45. The third kappa shape index (κ3) is 4.36. The van der Waals surface area contributed by atoms with E-state index in [9.17, 15) is 9.59 Å². The summed E-state index contributed by atoms with van der Waals surface area (Å²) in [5.41, 5.74) is 1.67. The number of nitrogens with zero attached hydrogens (tertiary/aromatic N) is 3. The quantitative estimate of drug-likeness (QED) is 0.663. The van der Waals surface area contributed by atoms with Crippen molar-refractivity contribution in [3.8, 4) is 0 Å². The maximum Gasteiger partial charge on any atom is 0.287 e. The lowest BCUT2D eigenvalue weighted by atomic mass is 10.3. The summed E-state index contributed by atoms with van der Waals surface area (Å²) in [6.07, 6.45) is 3.46. The summed E-state index contributed by atoms with van der Waals surface area (Å²) in [6.45, 7) is 3.22. The van der Waals surface area contributed by atoms with E-state index < -0.39 is 0 Å². The van der Waals surface area contributed by atoms with Crippen LogP contribution in [0.25, 0.3) is 11.0 Å². The molecule has 0 saturated carbocycles. The Balaban J connectivity index is 1.79. The van der Waals surface area contributed by atoms with Gasteiger partial charge in [-0.2, -0.15) is 0 Å². The van der Waals surface area contributed by atoms with Crippen molar-refractivity contribution >= 4 is 22.8 Å². The van der Waals surface area contributed by atoms with Crippen molar-refractivity contribution in [1.82, 2.24) is 19.8 Å². The second kappa shape index (κ2) is 8.53. The number of nitrogens with one attached hydrogen (secondary N) is 1. The van der Waals surface area contributed by atoms with Crippen molar-refractivity contribution < 1.29 is 14.0 Å². The summed E-state index contributed by atoms with van der Waals surface area (Å²) in [7, 11) is 1.81. The molecule has 0 aliphatic heterocycles. The van der Waals surface area contributed by atoms with Crippen LogP contribution in [0.1, 0.15) is 36.1 Å². The van der Waals surface area contributed by atoms with Crippen LogP contribution < -0.4 is 5.32 Å². The zero-order chi connectivity index (χ0) is 19.2. The molecule has 0 radical (unpaired) electrons. The first-order valence-corrected chi connectivity index (χ1v) is 9.10. The van der Waals surface area contributed by atoms with E-state index >= 15 is 0 Å². The van der Waals surface area contributed by atoms with Crippen LogP contribution in [0.4, 0.5) is 0 Å². The van der Waals surface area contributed by atoms with E-state index in [1.807, 2.05) is 35.9 Å². The molecule has 1 N–H and O–H groups in total. The molecular weight excluding hydrogens is 344 g/mol. The Hall–Kier alpha value is -3.09. The van der Waals surface area contributed by atoms with Gasteiger partial charge in [-0.1, -0.05) is 25.5 Å². The molecular formula is C20H24N4O3. The lowest BCUT2D eigenvalue weighted by molar-refractivity contribution is -0.130. The molecule has 0 spiro atoms. The third-order valence-corrected chi connectivity index (χ3v) is 4.45. The molecule has 2 amide bonds. The maximum atomic E-state index is 12.6. The Morgan fingerprint density at radius 1 is 1.22 bits per heavy atom. The monoisotopic (exact) mass is 368 g/mol. The fourth-order valence-electron chi connectivity index (χ4n) is 2.87. The van der Waals surface area contributed by atoms with E-state index in [2.05, 4.69) is 17.2 Å². The highest BCUT2D eigenvalue weighted by atomic mass is 16.3. The highest BCUT2D eigenvalue weighted by Gasteiger charge is 2.17. The second-order valence-corrected chi connectivity index (χ2v) is 6.43. The van der Waals surface area contributed by atoms with Gasteiger partial charge in [-0.15, -0.1) is 0 Å². The Morgan fingerprint density at radius 2 is 2.04 bits per heavy atom. The molecule has 2 aromatic heterocycles. The van der Waals surface area contributed by atoms with Crippen LogP contribution >= 0.6 is 0 Å². The molecule has 0 saturated heterocycles. The Bertz CT molecular complexity index is 915. The smallest absolute Gasteiger partial charge is 0.287 e. The predicted molar refractivity (Wildman–Crippen MR) is 102 cm³/mol. The minimum atomic E-state index is -0.315. The van der Waals surface area contributed by atoms with Crippen molar-refractivity contribution in [2.24, 2.45) is 0 Å². The molecule has 0 fully saturated rings. The number of rotatable bonds is 8. The molecule has 142 valence electrons. The maximum absolute atomic E-state index is 12.6. The highest BCUT2D eigenvalue weighted by Crippen LogP contribution is 2.16. The molecule has 0 unspecified atom stereocenters. The predicted octanol–water partition coefficient (Wildman–Crippen LogP) is 2.82. The van der Waals surface area contributed by atoms with Crippen molar-refractivity contribution in [3.63, 3.8) is 0 Å². The number of fused-ring (bicyclic) bond motifs is 1. The SMILES string of the molecule is CCCCN(C)C(=O)Cn1c(CNC(=O)c2ccco2)nc2ccccc21. The summed E-state index contributed by atoms with van der Waals surface area (Å²) in [6, 6.07) is 10.9. The summed E-state index contributed by atoms with van der Waals surface area (Å²) < 4.78 is 6.97. The molecule has 0 atom stereocenters. The van der Waals surface area contributed by atoms with Gasteiger partial charge in [0, 0.05) is 13.6 Å². The van der Waals surface area contributed by atoms with Gasteiger partial charge in [0.15, 0.2) is 5.76 Å². The van der Waals surface area contributed by atoms with E-state index in [-0.39, 0.29) is 30.7 Å². The molecule has 3 rings (SSSR count). The molecule has 27 heavy (non-hydrogen) atoms. The zero-order valence-electron chi connectivity index (χ0n) is 15.6. The fourth-order valence-corrected chi connectivity index (χ4v) is 2.87. The number of carbonyl (C=O) groups excluding carboxylic acids is 2. The molecule has 3 aromatic rings. The van der Waals surface area contributed by atoms with Crippen molar-refractivity contribution in [3.05, 3.63) is 54.2 Å². The lowest BCUT2D eigenvalue weighted by Crippen LogP contribution is -2.32. The molecule has 0 aliphatic carbocycles. The van der Waals surface area contributed by atoms with Gasteiger partial charge in [0.1, 0.15) is 12.4 Å². The number of likely N-dealkylation sites (N-methyl/N-ethyl adjacent to an activating group) is 1. The van der Waals surface area contributed by atoms with Crippen LogP contribution in [0.5, 0.6) is 0 Å². The first-order valence-electron chi connectivity index (χ1n) is 9.10. The molecule has 0 bridgehead atoms. The van der Waals surface area contributed by atoms with Crippen molar-refractivity contribution in [2.75, 3.05) is 13.6 Å². The van der Waals surface area contributed by atoms with Gasteiger partial charge in [0.25, 0.3) is 5.91 Å². The number of hydrogen-bond donors (Lipinski definition) is 1. The number of unbranched alkanes of at least 4 members (excludes halogenated alkanes) is 1. The Labute approximate surface area is 158 Å². The normalized spacial score (nSPS) is 10.9. The van der Waals surface area contributed by atoms with Crippen LogP contribution in [0.3, 0.4) is 0 Å². The number of amides is 2. The van der Waals surface area contributed by atoms with E-state index in [4.69, 9.17) is 4.42 Å². The molecule has 7 nitrogen and oxygen atoms in total. The number of para-hydroxylation sites is 2. The zero-order valence-corrected chi connectivity index (χ0v) is 15.6. The number of carbonyl (C=O) groups is 2. The van der Waals surface area contributed by atoms with Gasteiger partial charge in [-0.3, -0.25) is 9.59 Å². The summed E-state index contributed by atoms with van der Waals surface area (Å²) in [5, 5.41) is 2.80. The van der Waals surface area contributed by atoms with Crippen molar-refractivity contribution in [1.29, 1.82) is 0 Å². The number of imidazole rings is 1. The Morgan fingerprint density at radius 3 is 2.78 bits per heavy atom. The average Bonchev–Trinajstić information content (AvgIpc) is 3.33. The largest absolute Gasteiger partial charge is 0.459 e. The first kappa shape index (κ1) is 18.7. The highest BCUT2D eigenvalue weighted by molar-refractivity contribution is 5.91. The standard InChI is InChI=1S/C20H24N4O3/c1-3-4-11-23(2)19(25)14-24-16-9-6-5-8-15(16)22-18(24)13-21-20(26)17-10-7-12-27-17/h5-10,12H,3-4,11,13-14H2,1-2H3,(H,21,26). The van der Waals surface area contributed by atoms with Gasteiger partial charge >= 0.3 is 0 Å². The molecule has 7 heteroatoms. The minimum absolute atomic E-state index is 0.0187. The van der Waals surface area contributed by atoms with Crippen LogP contribution in [0.2, 0.25) is 0 Å². The van der Waals surface area contributed by atoms with Crippen LogP contribution in [0, 0.1) is 0 Å². The van der Waals surface area contributed by atoms with E-state index in [1.54, 1.807) is 17.0 Å². The number of benzene rings is 1. The molecule has 1 aromatic carbocycles. The van der Waals surface area contributed by atoms with Gasteiger partial charge in [-0.25, -0.2) is 4.98 Å². The van der Waals surface area contributed by atoms with Crippen LogP contribution in [-0.4, -0.2) is 39.9 Å². The van der Waals surface area contributed by atoms with E-state index in [0.717, 1.165) is 30.4 Å². The molecule has 2 heterocycles. The number of hydrogen-bond acceptors (Lipinski definition) is 4. The van der Waals surface area contributed by atoms with Gasteiger partial charge in [-0.05, 0) is 30.7 Å². The fraction of sp³-hybridized carbons (Fsp3) is 0.350. The van der Waals surface area contributed by atoms with Gasteiger partial charge in [0.05, 0.1) is 23.8 Å². The number of aromatic nitrogens is 2. The van der Waals surface area contributed by atoms with Crippen LogP contribution in [0.15, 0.2) is 47.1 Å². The van der Waals surface area contributed by atoms with Gasteiger partial charge in [0.2, 0.25) is 5.91 Å². The van der Waals surface area contributed by atoms with Crippen molar-refractivity contribution in [2.45, 2.75) is 32.9 Å². The van der Waals surface area contributed by atoms with E-state index in [1.165, 1.54) is 6.26 Å². The Kier molecular flexibility index (Phi) is 5.90. The van der Waals surface area contributed by atoms with Crippen LogP contribution in [-0.2, 0) is 17.9 Å². The van der Waals surface area contributed by atoms with E-state index in [0.29, 0.717) is 5.82 Å². The topological polar surface area (TPSA) is 80.4 Å². The second-order valence-electron chi connectivity index (χ2n) is 6.43.